The van der Waals surface area contributed by atoms with Crippen molar-refractivity contribution in [2.75, 3.05) is 6.54 Å². The van der Waals surface area contributed by atoms with Crippen LogP contribution in [-0.2, 0) is 0 Å². The molecule has 0 atom stereocenters. The second kappa shape index (κ2) is 4.76. The first-order valence-electron chi connectivity index (χ1n) is 2.85. The van der Waals surface area contributed by atoms with Gasteiger partial charge in [0.2, 0.25) is 0 Å². The SMILES string of the molecule is Cl.NCC(=O)c1cccnn1. The molecule has 11 heavy (non-hydrogen) atoms. The number of hydrogen-bond acceptors (Lipinski definition) is 4. The first-order valence-corrected chi connectivity index (χ1v) is 2.85. The smallest absolute Gasteiger partial charge is 0.196 e. The molecule has 1 heterocycles. The van der Waals surface area contributed by atoms with E-state index in [1.165, 1.54) is 6.20 Å². The van der Waals surface area contributed by atoms with Crippen LogP contribution in [0.5, 0.6) is 0 Å². The number of nitrogens with two attached hydrogens (primary N) is 1. The molecule has 0 bridgehead atoms. The van der Waals surface area contributed by atoms with Crippen molar-refractivity contribution in [2.45, 2.75) is 0 Å². The van der Waals surface area contributed by atoms with Gasteiger partial charge in [-0.3, -0.25) is 4.79 Å². The van der Waals surface area contributed by atoms with Gasteiger partial charge < -0.3 is 5.73 Å². The van der Waals surface area contributed by atoms with Crippen LogP contribution in [0.4, 0.5) is 0 Å². The Morgan fingerprint density at radius 2 is 2.36 bits per heavy atom. The highest BCUT2D eigenvalue weighted by Gasteiger charge is 2.02. The minimum atomic E-state index is -0.187. The van der Waals surface area contributed by atoms with E-state index in [0.29, 0.717) is 5.69 Å². The summed E-state index contributed by atoms with van der Waals surface area (Å²) < 4.78 is 0. The van der Waals surface area contributed by atoms with Crippen LogP contribution in [-0.4, -0.2) is 22.5 Å². The van der Waals surface area contributed by atoms with E-state index in [-0.39, 0.29) is 24.7 Å². The summed E-state index contributed by atoms with van der Waals surface area (Å²) in [4.78, 5) is 10.8. The van der Waals surface area contributed by atoms with Gasteiger partial charge in [0.1, 0.15) is 5.69 Å². The number of nitrogens with zero attached hydrogens (tertiary/aromatic N) is 2. The van der Waals surface area contributed by atoms with Gasteiger partial charge in [-0.2, -0.15) is 5.10 Å². The molecule has 2 N–H and O–H groups in total. The Labute approximate surface area is 70.2 Å². The van der Waals surface area contributed by atoms with Gasteiger partial charge in [-0.1, -0.05) is 0 Å². The molecule has 0 saturated heterocycles. The number of carbonyl (C=O) groups is 1. The maximum Gasteiger partial charge on any atom is 0.196 e. The molecule has 0 aliphatic heterocycles. The molecule has 0 aliphatic rings. The molecule has 1 aromatic heterocycles. The number of ketones is 1. The van der Waals surface area contributed by atoms with Crippen molar-refractivity contribution in [3.63, 3.8) is 0 Å². The molecule has 60 valence electrons. The van der Waals surface area contributed by atoms with E-state index in [1.807, 2.05) is 0 Å². The number of hydrogen-bond donors (Lipinski definition) is 1. The van der Waals surface area contributed by atoms with Gasteiger partial charge in [0.25, 0.3) is 0 Å². The molecule has 0 fully saturated rings. The summed E-state index contributed by atoms with van der Waals surface area (Å²) in [5.74, 6) is -0.187. The third kappa shape index (κ3) is 2.61. The lowest BCUT2D eigenvalue weighted by Gasteiger charge is -1.91. The first kappa shape index (κ1) is 10.0. The van der Waals surface area contributed by atoms with Crippen molar-refractivity contribution in [1.29, 1.82) is 0 Å². The largest absolute Gasteiger partial charge is 0.324 e. The minimum absolute atomic E-state index is 0. The summed E-state index contributed by atoms with van der Waals surface area (Å²) in [6.45, 7) is -0.0152. The third-order valence-corrected chi connectivity index (χ3v) is 1.04. The summed E-state index contributed by atoms with van der Waals surface area (Å²) in [7, 11) is 0. The number of rotatable bonds is 2. The summed E-state index contributed by atoms with van der Waals surface area (Å²) in [5.41, 5.74) is 5.41. The molecule has 0 aliphatic carbocycles. The number of aromatic nitrogens is 2. The second-order valence-corrected chi connectivity index (χ2v) is 1.74. The highest BCUT2D eigenvalue weighted by atomic mass is 35.5. The fourth-order valence-electron chi connectivity index (χ4n) is 0.555. The monoisotopic (exact) mass is 173 g/mol. The summed E-state index contributed by atoms with van der Waals surface area (Å²) >= 11 is 0. The van der Waals surface area contributed by atoms with Crippen LogP contribution < -0.4 is 5.73 Å². The van der Waals surface area contributed by atoms with E-state index in [9.17, 15) is 4.79 Å². The normalized spacial score (nSPS) is 8.45. The van der Waals surface area contributed by atoms with Gasteiger partial charge >= 0.3 is 0 Å². The standard InChI is InChI=1S/C6H7N3O.ClH/c7-4-6(10)5-2-1-3-8-9-5;/h1-3H,4,7H2;1H. The Balaban J connectivity index is 0.000001000. The Morgan fingerprint density at radius 1 is 1.64 bits per heavy atom. The van der Waals surface area contributed by atoms with E-state index < -0.39 is 0 Å². The quantitative estimate of drug-likeness (QED) is 0.642. The van der Waals surface area contributed by atoms with Gasteiger partial charge in [-0.05, 0) is 12.1 Å². The van der Waals surface area contributed by atoms with Crippen LogP contribution in [0, 0.1) is 0 Å². The van der Waals surface area contributed by atoms with Gasteiger partial charge in [-0.15, -0.1) is 17.5 Å². The predicted octanol–water partition coefficient (Wildman–Crippen LogP) is 0.0398. The Hall–Kier alpha value is -1.00. The highest BCUT2D eigenvalue weighted by Crippen LogP contribution is 1.89. The average Bonchev–Trinajstić information content (AvgIpc) is 2.05. The molecule has 0 unspecified atom stereocenters. The van der Waals surface area contributed by atoms with Crippen molar-refractivity contribution >= 4 is 18.2 Å². The van der Waals surface area contributed by atoms with Crippen molar-refractivity contribution < 1.29 is 4.79 Å². The maximum atomic E-state index is 10.8. The molecular weight excluding hydrogens is 166 g/mol. The topological polar surface area (TPSA) is 68.9 Å². The summed E-state index contributed by atoms with van der Waals surface area (Å²) in [5, 5.41) is 7.10. The molecule has 0 saturated carbocycles. The number of Topliss-reactive ketones (excluding diaryl/α,β-unsaturated/α-hetero) is 1. The summed E-state index contributed by atoms with van der Waals surface area (Å²) in [6.07, 6.45) is 1.51. The molecule has 0 amide bonds. The fraction of sp³-hybridized carbons (Fsp3) is 0.167. The van der Waals surface area contributed by atoms with E-state index in [0.717, 1.165) is 0 Å². The van der Waals surface area contributed by atoms with Gasteiger partial charge in [0.05, 0.1) is 6.54 Å². The lowest BCUT2D eigenvalue weighted by atomic mass is 10.3. The number of carbonyl (C=O) groups excluding carboxylic acids is 1. The summed E-state index contributed by atoms with van der Waals surface area (Å²) in [6, 6.07) is 3.23. The van der Waals surface area contributed by atoms with Gasteiger partial charge in [0, 0.05) is 6.20 Å². The highest BCUT2D eigenvalue weighted by molar-refractivity contribution is 5.95. The molecule has 0 radical (unpaired) electrons. The molecule has 4 nitrogen and oxygen atoms in total. The van der Waals surface area contributed by atoms with Crippen LogP contribution in [0.3, 0.4) is 0 Å². The average molecular weight is 174 g/mol. The van der Waals surface area contributed by atoms with Crippen molar-refractivity contribution in [3.8, 4) is 0 Å². The van der Waals surface area contributed by atoms with Crippen molar-refractivity contribution in [2.24, 2.45) is 5.73 Å². The second-order valence-electron chi connectivity index (χ2n) is 1.74. The van der Waals surface area contributed by atoms with Crippen LogP contribution >= 0.6 is 12.4 Å². The van der Waals surface area contributed by atoms with E-state index in [4.69, 9.17) is 5.73 Å². The molecule has 1 rings (SSSR count). The minimum Gasteiger partial charge on any atom is -0.324 e. The lowest BCUT2D eigenvalue weighted by molar-refractivity contribution is 0.0995. The Bertz CT molecular complexity index is 227. The lowest BCUT2D eigenvalue weighted by Crippen LogP contribution is -2.15. The number of halogens is 1. The Kier molecular flexibility index (Phi) is 4.33. The van der Waals surface area contributed by atoms with E-state index in [1.54, 1.807) is 12.1 Å². The van der Waals surface area contributed by atoms with E-state index >= 15 is 0 Å². The van der Waals surface area contributed by atoms with Crippen molar-refractivity contribution in [3.05, 3.63) is 24.0 Å². The molecule has 5 heteroatoms. The van der Waals surface area contributed by atoms with Gasteiger partial charge in [0.15, 0.2) is 5.78 Å². The fourth-order valence-corrected chi connectivity index (χ4v) is 0.555. The Morgan fingerprint density at radius 3 is 2.82 bits per heavy atom. The van der Waals surface area contributed by atoms with Gasteiger partial charge in [-0.25, -0.2) is 0 Å². The molecule has 1 aromatic rings. The molecule has 0 aromatic carbocycles. The molecular formula is C6H8ClN3O. The van der Waals surface area contributed by atoms with Crippen LogP contribution in [0.1, 0.15) is 10.5 Å². The zero-order chi connectivity index (χ0) is 7.40. The first-order chi connectivity index (χ1) is 4.84. The van der Waals surface area contributed by atoms with Crippen LogP contribution in [0.15, 0.2) is 18.3 Å². The van der Waals surface area contributed by atoms with Crippen molar-refractivity contribution in [1.82, 2.24) is 10.2 Å². The zero-order valence-corrected chi connectivity index (χ0v) is 6.54. The maximum absolute atomic E-state index is 10.8. The third-order valence-electron chi connectivity index (χ3n) is 1.04. The van der Waals surface area contributed by atoms with Crippen LogP contribution in [0.2, 0.25) is 0 Å². The van der Waals surface area contributed by atoms with Crippen LogP contribution in [0.25, 0.3) is 0 Å². The predicted molar refractivity (Wildman–Crippen MR) is 42.7 cm³/mol. The zero-order valence-electron chi connectivity index (χ0n) is 5.73. The van der Waals surface area contributed by atoms with E-state index in [2.05, 4.69) is 10.2 Å². The molecule has 0 spiro atoms.